The molecule has 6 heteroatoms. The van der Waals surface area contributed by atoms with Gasteiger partial charge in [-0.2, -0.15) is 0 Å². The molecule has 6 nitrogen and oxygen atoms in total. The Balaban J connectivity index is 1.96. The molecular formula is C16H23N2O4+. The number of rotatable bonds is 4. The quantitative estimate of drug-likeness (QED) is 0.866. The van der Waals surface area contributed by atoms with E-state index in [2.05, 4.69) is 11.8 Å². The molecule has 0 aromatic heterocycles. The van der Waals surface area contributed by atoms with E-state index < -0.39 is 5.72 Å². The van der Waals surface area contributed by atoms with Gasteiger partial charge in [-0.1, -0.05) is 13.8 Å². The van der Waals surface area contributed by atoms with E-state index in [9.17, 15) is 10.0 Å². The molecule has 0 spiro atoms. The van der Waals surface area contributed by atoms with Crippen molar-refractivity contribution >= 4 is 5.69 Å². The summed E-state index contributed by atoms with van der Waals surface area (Å²) in [4.78, 5) is 15.2. The van der Waals surface area contributed by atoms with Crippen LogP contribution in [0.4, 0.5) is 5.69 Å². The molecule has 0 saturated carbocycles. The molecule has 0 aliphatic carbocycles. The molecule has 1 aromatic rings. The summed E-state index contributed by atoms with van der Waals surface area (Å²) in [5, 5.41) is 9.64. The van der Waals surface area contributed by atoms with Crippen molar-refractivity contribution < 1.29 is 19.3 Å². The number of fused-ring (bicyclic) bond motifs is 1. The third-order valence-corrected chi connectivity index (χ3v) is 4.69. The zero-order chi connectivity index (χ0) is 15.7. The Labute approximate surface area is 130 Å². The summed E-state index contributed by atoms with van der Waals surface area (Å²) in [6, 6.07) is 4.65. The fraction of sp³-hybridized carbons (Fsp3) is 0.625. The zero-order valence-corrected chi connectivity index (χ0v) is 13.1. The lowest BCUT2D eigenvalue weighted by Crippen LogP contribution is -2.60. The van der Waals surface area contributed by atoms with E-state index in [0.717, 1.165) is 24.3 Å². The van der Waals surface area contributed by atoms with Crippen LogP contribution in [0.5, 0.6) is 11.5 Å². The van der Waals surface area contributed by atoms with Crippen molar-refractivity contribution in [1.82, 2.24) is 4.90 Å². The van der Waals surface area contributed by atoms with E-state index in [-0.39, 0.29) is 11.8 Å². The van der Waals surface area contributed by atoms with Gasteiger partial charge in [-0.3, -0.25) is 4.90 Å². The largest absolute Gasteiger partial charge is 0.508 e. The standard InChI is InChI=1S/C16H22N2O4/c1-3-15(17-7-9-21-10-8-17)16(4-2)18(20)13-6-5-12(19)11-14(13)22-16/h5-6,11,15H,3-4,7-10H2,1-2H3/p+1. The lowest BCUT2D eigenvalue weighted by molar-refractivity contribution is -0.594. The summed E-state index contributed by atoms with van der Waals surface area (Å²) < 4.78 is 12.5. The Morgan fingerprint density at radius 3 is 2.73 bits per heavy atom. The lowest BCUT2D eigenvalue weighted by atomic mass is 9.96. The molecule has 22 heavy (non-hydrogen) atoms. The minimum Gasteiger partial charge on any atom is -0.508 e. The number of phenols is 1. The highest BCUT2D eigenvalue weighted by molar-refractivity contribution is 5.52. The van der Waals surface area contributed by atoms with E-state index in [1.807, 2.05) is 6.92 Å². The van der Waals surface area contributed by atoms with Gasteiger partial charge in [0.2, 0.25) is 5.75 Å². The van der Waals surface area contributed by atoms with Crippen LogP contribution < -0.4 is 4.74 Å². The number of phenolic OH excluding ortho intramolecular Hbond substituents is 1. The van der Waals surface area contributed by atoms with Crippen LogP contribution in [-0.4, -0.2) is 52.8 Å². The van der Waals surface area contributed by atoms with Gasteiger partial charge < -0.3 is 14.6 Å². The second kappa shape index (κ2) is 5.85. The molecule has 1 N–H and O–H groups in total. The molecule has 0 radical (unpaired) electrons. The van der Waals surface area contributed by atoms with Crippen LogP contribution in [0.1, 0.15) is 26.7 Å². The van der Waals surface area contributed by atoms with E-state index in [4.69, 9.17) is 9.47 Å². The second-order valence-corrected chi connectivity index (χ2v) is 5.82. The first kappa shape index (κ1) is 15.2. The molecule has 2 aliphatic rings. The molecule has 120 valence electrons. The van der Waals surface area contributed by atoms with Gasteiger partial charge in [0, 0.05) is 30.1 Å². The third-order valence-electron chi connectivity index (χ3n) is 4.69. The van der Waals surface area contributed by atoms with Crippen LogP contribution in [0.25, 0.3) is 0 Å². The van der Waals surface area contributed by atoms with Gasteiger partial charge in [0.1, 0.15) is 11.8 Å². The summed E-state index contributed by atoms with van der Waals surface area (Å²) in [6.45, 7) is 7.03. The van der Waals surface area contributed by atoms with Gasteiger partial charge >= 0.3 is 11.4 Å². The molecule has 1 aromatic carbocycles. The maximum atomic E-state index is 13.0. The van der Waals surface area contributed by atoms with Gasteiger partial charge in [-0.05, 0) is 12.5 Å². The molecule has 3 rings (SSSR count). The summed E-state index contributed by atoms with van der Waals surface area (Å²) >= 11 is 0. The van der Waals surface area contributed by atoms with Crippen LogP contribution in [0, 0.1) is 4.91 Å². The van der Waals surface area contributed by atoms with E-state index in [0.29, 0.717) is 31.1 Å². The molecule has 1 saturated heterocycles. The fourth-order valence-electron chi connectivity index (χ4n) is 3.59. The topological polar surface area (TPSA) is 62.0 Å². The normalized spacial score (nSPS) is 26.5. The van der Waals surface area contributed by atoms with Gasteiger partial charge in [0.25, 0.3) is 0 Å². The van der Waals surface area contributed by atoms with E-state index in [1.165, 1.54) is 12.1 Å². The first-order valence-corrected chi connectivity index (χ1v) is 7.93. The van der Waals surface area contributed by atoms with E-state index in [1.54, 1.807) is 6.07 Å². The van der Waals surface area contributed by atoms with Crippen molar-refractivity contribution in [1.29, 1.82) is 0 Å². The number of nitroso groups, excluding NO2 is 1. The van der Waals surface area contributed by atoms with Crippen LogP contribution >= 0.6 is 0 Å². The first-order valence-electron chi connectivity index (χ1n) is 7.93. The molecule has 2 unspecified atom stereocenters. The zero-order valence-electron chi connectivity index (χ0n) is 13.1. The predicted molar refractivity (Wildman–Crippen MR) is 81.5 cm³/mol. The van der Waals surface area contributed by atoms with Crippen molar-refractivity contribution in [3.05, 3.63) is 23.1 Å². The van der Waals surface area contributed by atoms with E-state index >= 15 is 0 Å². The van der Waals surface area contributed by atoms with Crippen molar-refractivity contribution in [2.45, 2.75) is 38.5 Å². The SMILES string of the molecule is CCC(N1CCOCC1)C1(CC)Oc2cc(O)ccc2[N+]1=O. The molecule has 1 fully saturated rings. The second-order valence-electron chi connectivity index (χ2n) is 5.82. The highest BCUT2D eigenvalue weighted by Gasteiger charge is 2.61. The Kier molecular flexibility index (Phi) is 4.06. The van der Waals surface area contributed by atoms with Gasteiger partial charge in [0.05, 0.1) is 24.4 Å². The average molecular weight is 307 g/mol. The number of ether oxygens (including phenoxy) is 2. The highest BCUT2D eigenvalue weighted by Crippen LogP contribution is 2.46. The Bertz CT molecular complexity index is 571. The van der Waals surface area contributed by atoms with Gasteiger partial charge in [-0.25, -0.2) is 0 Å². The van der Waals surface area contributed by atoms with Crippen molar-refractivity contribution in [3.8, 4) is 11.5 Å². The average Bonchev–Trinajstić information content (AvgIpc) is 2.82. The number of aromatic hydroxyl groups is 1. The summed E-state index contributed by atoms with van der Waals surface area (Å²) in [5.41, 5.74) is -0.450. The highest BCUT2D eigenvalue weighted by atomic mass is 16.6. The monoisotopic (exact) mass is 307 g/mol. The third kappa shape index (κ3) is 2.27. The number of hydrogen-bond acceptors (Lipinski definition) is 5. The molecule has 0 bridgehead atoms. The van der Waals surface area contributed by atoms with Crippen LogP contribution in [0.3, 0.4) is 0 Å². The number of morpholine rings is 1. The summed E-state index contributed by atoms with van der Waals surface area (Å²) in [5.74, 6) is 0.571. The van der Waals surface area contributed by atoms with Crippen molar-refractivity contribution in [2.24, 2.45) is 0 Å². The van der Waals surface area contributed by atoms with Crippen LogP contribution in [0.2, 0.25) is 0 Å². The van der Waals surface area contributed by atoms with Gasteiger partial charge in [0.15, 0.2) is 0 Å². The fourth-order valence-corrected chi connectivity index (χ4v) is 3.59. The Morgan fingerprint density at radius 1 is 1.36 bits per heavy atom. The number of hydrogen-bond donors (Lipinski definition) is 1. The maximum absolute atomic E-state index is 13.0. The summed E-state index contributed by atoms with van der Waals surface area (Å²) in [7, 11) is 0. The predicted octanol–water partition coefficient (Wildman–Crippen LogP) is 2.41. The van der Waals surface area contributed by atoms with Crippen LogP contribution in [0.15, 0.2) is 18.2 Å². The minimum atomic E-state index is -0.942. The maximum Gasteiger partial charge on any atom is 0.374 e. The smallest absolute Gasteiger partial charge is 0.374 e. The molecule has 2 aliphatic heterocycles. The van der Waals surface area contributed by atoms with Crippen molar-refractivity contribution in [3.63, 3.8) is 0 Å². The minimum absolute atomic E-state index is 0.0200. The molecule has 0 amide bonds. The first-order chi connectivity index (χ1) is 10.6. The molecule has 2 atom stereocenters. The Morgan fingerprint density at radius 2 is 2.09 bits per heavy atom. The van der Waals surface area contributed by atoms with Gasteiger partial charge in [-0.15, -0.1) is 0 Å². The lowest BCUT2D eigenvalue weighted by Gasteiger charge is -2.38. The molecular weight excluding hydrogens is 284 g/mol. The molecule has 2 heterocycles. The number of benzene rings is 1. The summed E-state index contributed by atoms with van der Waals surface area (Å²) in [6.07, 6.45) is 1.38. The van der Waals surface area contributed by atoms with Crippen molar-refractivity contribution in [2.75, 3.05) is 26.3 Å². The van der Waals surface area contributed by atoms with Crippen LogP contribution in [-0.2, 0) is 4.74 Å². The Hall–Kier alpha value is -1.66. The number of nitrogens with zero attached hydrogens (tertiary/aromatic N) is 2.